The molecule has 0 saturated heterocycles. The maximum absolute atomic E-state index is 2.30. The van der Waals surface area contributed by atoms with E-state index in [9.17, 15) is 0 Å². The van der Waals surface area contributed by atoms with Crippen molar-refractivity contribution in [3.63, 3.8) is 0 Å². The van der Waals surface area contributed by atoms with Crippen LogP contribution in [0.1, 0.15) is 43.3 Å². The lowest BCUT2D eigenvalue weighted by Crippen LogP contribution is -2.01. The summed E-state index contributed by atoms with van der Waals surface area (Å²) in [7, 11) is 2.16. The van der Waals surface area contributed by atoms with Crippen molar-refractivity contribution in [1.29, 1.82) is 0 Å². The molecule has 0 aliphatic heterocycles. The molecule has 2 aliphatic rings. The van der Waals surface area contributed by atoms with Gasteiger partial charge in [0.15, 0.2) is 0 Å². The predicted molar refractivity (Wildman–Crippen MR) is 84.5 cm³/mol. The largest absolute Gasteiger partial charge is 0.344 e. The first-order valence-electron chi connectivity index (χ1n) is 6.95. The summed E-state index contributed by atoms with van der Waals surface area (Å²) in [5.41, 5.74) is 5.42. The van der Waals surface area contributed by atoms with Crippen LogP contribution in [-0.2, 0) is 7.05 Å². The first kappa shape index (κ1) is 12.3. The Kier molecular flexibility index (Phi) is 2.67. The van der Waals surface area contributed by atoms with Gasteiger partial charge in [-0.05, 0) is 18.1 Å². The Morgan fingerprint density at radius 2 is 1.47 bits per heavy atom. The van der Waals surface area contributed by atoms with Gasteiger partial charge in [-0.2, -0.15) is 0 Å². The average molecular weight is 251 g/mol. The number of fused-ring (bicyclic) bond motifs is 3. The number of allylic oxidation sites excluding steroid dienone is 4. The molecular formula is C18H21N. The Hall–Kier alpha value is -1.76. The van der Waals surface area contributed by atoms with Gasteiger partial charge in [-0.25, -0.2) is 0 Å². The molecule has 0 amide bonds. The van der Waals surface area contributed by atoms with Crippen LogP contribution < -0.4 is 0 Å². The summed E-state index contributed by atoms with van der Waals surface area (Å²) in [6.45, 7) is 6.70. The molecule has 0 N–H and O–H groups in total. The fraction of sp³-hybridized carbons (Fsp3) is 0.333. The van der Waals surface area contributed by atoms with Crippen molar-refractivity contribution in [1.82, 2.24) is 4.57 Å². The van der Waals surface area contributed by atoms with E-state index >= 15 is 0 Å². The summed E-state index contributed by atoms with van der Waals surface area (Å²) < 4.78 is 2.30. The number of hydrogen-bond acceptors (Lipinski definition) is 0. The zero-order chi connectivity index (χ0) is 13.6. The first-order chi connectivity index (χ1) is 8.98. The van der Waals surface area contributed by atoms with Crippen LogP contribution in [0.25, 0.3) is 24.3 Å². The number of rotatable bonds is 0. The molecule has 1 heteroatoms. The third-order valence-electron chi connectivity index (χ3n) is 4.04. The van der Waals surface area contributed by atoms with Crippen LogP contribution in [0.5, 0.6) is 0 Å². The van der Waals surface area contributed by atoms with E-state index in [0.29, 0.717) is 5.92 Å². The Labute approximate surface area is 115 Å². The Morgan fingerprint density at radius 1 is 0.895 bits per heavy atom. The van der Waals surface area contributed by atoms with Gasteiger partial charge in [-0.3, -0.25) is 0 Å². The lowest BCUT2D eigenvalue weighted by atomic mass is 9.93. The molecule has 1 heterocycles. The van der Waals surface area contributed by atoms with E-state index < -0.39 is 0 Å². The van der Waals surface area contributed by atoms with E-state index in [4.69, 9.17) is 0 Å². The highest BCUT2D eigenvalue weighted by atomic mass is 15.0. The molecule has 0 spiro atoms. The van der Waals surface area contributed by atoms with E-state index in [2.05, 4.69) is 81.0 Å². The molecular weight excluding hydrogens is 230 g/mol. The van der Waals surface area contributed by atoms with E-state index in [1.165, 1.54) is 22.5 Å². The molecule has 1 unspecified atom stereocenters. The fourth-order valence-electron chi connectivity index (χ4n) is 2.72. The van der Waals surface area contributed by atoms with Gasteiger partial charge in [0.1, 0.15) is 0 Å². The molecule has 1 aromatic heterocycles. The van der Waals surface area contributed by atoms with Crippen LogP contribution in [0.3, 0.4) is 0 Å². The van der Waals surface area contributed by atoms with Crippen LogP contribution in [0.15, 0.2) is 24.3 Å². The average Bonchev–Trinajstić information content (AvgIpc) is 2.51. The maximum atomic E-state index is 2.30. The van der Waals surface area contributed by atoms with Gasteiger partial charge >= 0.3 is 0 Å². The van der Waals surface area contributed by atoms with Gasteiger partial charge in [0.05, 0.1) is 0 Å². The van der Waals surface area contributed by atoms with Crippen LogP contribution in [0.2, 0.25) is 0 Å². The highest BCUT2D eigenvalue weighted by molar-refractivity contribution is 5.81. The highest BCUT2D eigenvalue weighted by Crippen LogP contribution is 2.34. The van der Waals surface area contributed by atoms with Gasteiger partial charge in [-0.1, -0.05) is 57.2 Å². The van der Waals surface area contributed by atoms with Gasteiger partial charge in [0.25, 0.3) is 0 Å². The van der Waals surface area contributed by atoms with Crippen molar-refractivity contribution in [3.05, 3.63) is 46.8 Å². The number of aromatic nitrogens is 1. The molecule has 19 heavy (non-hydrogen) atoms. The third-order valence-corrected chi connectivity index (χ3v) is 4.04. The zero-order valence-electron chi connectivity index (χ0n) is 12.1. The molecule has 0 bridgehead atoms. The lowest BCUT2D eigenvalue weighted by molar-refractivity contribution is 0.633. The second-order valence-electron chi connectivity index (χ2n) is 6.22. The SMILES string of the molecule is CC1C=Cc2c3c(n(C)c2C=C1)C=CC(C)(C)C=C3. The standard InChI is InChI=1S/C18H21N/c1-13-5-7-14-15-9-11-18(2,3)12-10-17(15)19(4)16(14)8-6-13/h5-13H,1-4H3. The van der Waals surface area contributed by atoms with Crippen molar-refractivity contribution >= 4 is 24.3 Å². The molecule has 0 saturated carbocycles. The second kappa shape index (κ2) is 4.12. The molecule has 1 nitrogen and oxygen atoms in total. The maximum Gasteiger partial charge on any atom is 0.0485 e. The minimum atomic E-state index is 0.128. The van der Waals surface area contributed by atoms with Crippen LogP contribution in [-0.4, -0.2) is 4.57 Å². The minimum Gasteiger partial charge on any atom is -0.344 e. The Morgan fingerprint density at radius 3 is 2.26 bits per heavy atom. The summed E-state index contributed by atoms with van der Waals surface area (Å²) >= 11 is 0. The first-order valence-corrected chi connectivity index (χ1v) is 6.95. The van der Waals surface area contributed by atoms with E-state index in [0.717, 1.165) is 0 Å². The van der Waals surface area contributed by atoms with Crippen LogP contribution in [0.4, 0.5) is 0 Å². The normalized spacial score (nSPS) is 22.8. The van der Waals surface area contributed by atoms with Crippen molar-refractivity contribution in [2.75, 3.05) is 0 Å². The second-order valence-corrected chi connectivity index (χ2v) is 6.22. The minimum absolute atomic E-state index is 0.128. The molecule has 0 radical (unpaired) electrons. The molecule has 1 atom stereocenters. The zero-order valence-corrected chi connectivity index (χ0v) is 12.1. The summed E-state index contributed by atoms with van der Waals surface area (Å²) in [5, 5.41) is 0. The predicted octanol–water partition coefficient (Wildman–Crippen LogP) is 4.77. The Balaban J connectivity index is 2.24. The lowest BCUT2D eigenvalue weighted by Gasteiger charge is -2.12. The number of hydrogen-bond donors (Lipinski definition) is 0. The van der Waals surface area contributed by atoms with Crippen LogP contribution in [0, 0.1) is 11.3 Å². The summed E-state index contributed by atoms with van der Waals surface area (Å²) in [6.07, 6.45) is 18.2. The molecule has 2 aliphatic carbocycles. The number of nitrogens with zero attached hydrogens (tertiary/aromatic N) is 1. The van der Waals surface area contributed by atoms with Crippen molar-refractivity contribution in [2.24, 2.45) is 18.4 Å². The topological polar surface area (TPSA) is 4.93 Å². The smallest absolute Gasteiger partial charge is 0.0485 e. The van der Waals surface area contributed by atoms with Crippen molar-refractivity contribution in [2.45, 2.75) is 20.8 Å². The summed E-state index contributed by atoms with van der Waals surface area (Å²) in [4.78, 5) is 0. The quantitative estimate of drug-likeness (QED) is 0.626. The van der Waals surface area contributed by atoms with Gasteiger partial charge in [0.2, 0.25) is 0 Å². The molecule has 1 aromatic rings. The Bertz CT molecular complexity index is 633. The third kappa shape index (κ3) is 2.03. The summed E-state index contributed by atoms with van der Waals surface area (Å²) in [6, 6.07) is 0. The molecule has 3 rings (SSSR count). The molecule has 0 aromatic carbocycles. The van der Waals surface area contributed by atoms with Gasteiger partial charge in [-0.15, -0.1) is 0 Å². The van der Waals surface area contributed by atoms with E-state index in [1.54, 1.807) is 0 Å². The van der Waals surface area contributed by atoms with E-state index in [-0.39, 0.29) is 5.41 Å². The van der Waals surface area contributed by atoms with Crippen molar-refractivity contribution < 1.29 is 0 Å². The fourth-order valence-corrected chi connectivity index (χ4v) is 2.72. The van der Waals surface area contributed by atoms with Crippen LogP contribution >= 0.6 is 0 Å². The van der Waals surface area contributed by atoms with E-state index in [1.807, 2.05) is 0 Å². The molecule has 98 valence electrons. The van der Waals surface area contributed by atoms with Gasteiger partial charge in [0, 0.05) is 35.0 Å². The highest BCUT2D eigenvalue weighted by Gasteiger charge is 2.20. The molecule has 0 fully saturated rings. The van der Waals surface area contributed by atoms with Gasteiger partial charge < -0.3 is 4.57 Å². The monoisotopic (exact) mass is 251 g/mol. The van der Waals surface area contributed by atoms with Crippen molar-refractivity contribution in [3.8, 4) is 0 Å². The summed E-state index contributed by atoms with van der Waals surface area (Å²) in [5.74, 6) is 0.504.